The minimum absolute atomic E-state index is 0.434. The number of hydrogen-bond donors (Lipinski definition) is 1. The Kier molecular flexibility index (Phi) is 2.91. The molecule has 15 heavy (non-hydrogen) atoms. The van der Waals surface area contributed by atoms with Gasteiger partial charge in [-0.2, -0.15) is 0 Å². The summed E-state index contributed by atoms with van der Waals surface area (Å²) >= 11 is 1.99. The Balaban J connectivity index is 2.11. The van der Waals surface area contributed by atoms with Gasteiger partial charge in [-0.15, -0.1) is 11.3 Å². The standard InChI is InChI=1S/C13H21NS/c1-4-5-9-6-7-11(15-9)12-10(8-14)13(12,2)3/h6-7,10,12H,4-5,8,14H2,1-3H3/t10-,12+/m1/s1. The SMILES string of the molecule is CCCc1ccc([C@@H]2[C@@H](CN)C2(C)C)s1. The van der Waals surface area contributed by atoms with E-state index in [0.29, 0.717) is 11.3 Å². The number of thiophene rings is 1. The van der Waals surface area contributed by atoms with Crippen molar-refractivity contribution in [3.63, 3.8) is 0 Å². The summed E-state index contributed by atoms with van der Waals surface area (Å²) in [6.07, 6.45) is 2.47. The predicted octanol–water partition coefficient (Wildman–Crippen LogP) is 3.40. The lowest BCUT2D eigenvalue weighted by atomic mass is 10.1. The third-order valence-electron chi connectivity index (χ3n) is 3.79. The zero-order valence-electron chi connectivity index (χ0n) is 9.92. The van der Waals surface area contributed by atoms with Gasteiger partial charge in [0.1, 0.15) is 0 Å². The lowest BCUT2D eigenvalue weighted by Crippen LogP contribution is -2.05. The van der Waals surface area contributed by atoms with Crippen LogP contribution in [0.1, 0.15) is 42.9 Å². The Hall–Kier alpha value is -0.340. The molecule has 0 spiro atoms. The molecule has 1 aliphatic rings. The fraction of sp³-hybridized carbons (Fsp3) is 0.692. The second kappa shape index (κ2) is 3.91. The van der Waals surface area contributed by atoms with Crippen molar-refractivity contribution in [2.45, 2.75) is 39.5 Å². The van der Waals surface area contributed by atoms with Crippen LogP contribution in [0.2, 0.25) is 0 Å². The van der Waals surface area contributed by atoms with Crippen LogP contribution in [0.25, 0.3) is 0 Å². The fourth-order valence-corrected chi connectivity index (χ4v) is 4.17. The van der Waals surface area contributed by atoms with E-state index in [9.17, 15) is 0 Å². The first-order chi connectivity index (χ1) is 7.11. The van der Waals surface area contributed by atoms with Gasteiger partial charge in [-0.05, 0) is 36.4 Å². The van der Waals surface area contributed by atoms with E-state index in [1.54, 1.807) is 4.88 Å². The van der Waals surface area contributed by atoms with Crippen LogP contribution in [-0.2, 0) is 6.42 Å². The largest absolute Gasteiger partial charge is 0.330 e. The van der Waals surface area contributed by atoms with Gasteiger partial charge >= 0.3 is 0 Å². The van der Waals surface area contributed by atoms with Crippen LogP contribution in [-0.4, -0.2) is 6.54 Å². The van der Waals surface area contributed by atoms with E-state index in [1.165, 1.54) is 17.7 Å². The molecule has 0 unspecified atom stereocenters. The summed E-state index contributed by atoms with van der Waals surface area (Å²) < 4.78 is 0. The maximum Gasteiger partial charge on any atom is 0.00880 e. The topological polar surface area (TPSA) is 26.0 Å². The van der Waals surface area contributed by atoms with Gasteiger partial charge in [-0.25, -0.2) is 0 Å². The van der Waals surface area contributed by atoms with Crippen LogP contribution in [0.3, 0.4) is 0 Å². The molecule has 1 saturated carbocycles. The number of hydrogen-bond acceptors (Lipinski definition) is 2. The molecule has 84 valence electrons. The highest BCUT2D eigenvalue weighted by Crippen LogP contribution is 2.64. The third kappa shape index (κ3) is 1.85. The Bertz CT molecular complexity index is 340. The molecule has 0 aromatic carbocycles. The molecule has 2 atom stereocenters. The van der Waals surface area contributed by atoms with Gasteiger partial charge in [0, 0.05) is 15.7 Å². The molecule has 1 nitrogen and oxygen atoms in total. The van der Waals surface area contributed by atoms with E-state index < -0.39 is 0 Å². The Morgan fingerprint density at radius 3 is 2.67 bits per heavy atom. The van der Waals surface area contributed by atoms with Crippen molar-refractivity contribution in [3.8, 4) is 0 Å². The zero-order chi connectivity index (χ0) is 11.1. The fourth-order valence-electron chi connectivity index (χ4n) is 2.69. The molecule has 2 N–H and O–H groups in total. The lowest BCUT2D eigenvalue weighted by molar-refractivity contribution is 0.559. The molecule has 1 aromatic heterocycles. The Labute approximate surface area is 96.7 Å². The quantitative estimate of drug-likeness (QED) is 0.832. The number of rotatable bonds is 4. The third-order valence-corrected chi connectivity index (χ3v) is 5.02. The summed E-state index contributed by atoms with van der Waals surface area (Å²) in [4.78, 5) is 3.09. The molecular formula is C13H21NS. The second-order valence-corrected chi connectivity index (χ2v) is 6.40. The van der Waals surface area contributed by atoms with Gasteiger partial charge in [-0.1, -0.05) is 27.2 Å². The van der Waals surface area contributed by atoms with Crippen molar-refractivity contribution in [1.29, 1.82) is 0 Å². The van der Waals surface area contributed by atoms with Crippen molar-refractivity contribution in [3.05, 3.63) is 21.9 Å². The molecule has 0 radical (unpaired) electrons. The van der Waals surface area contributed by atoms with Crippen LogP contribution < -0.4 is 5.73 Å². The summed E-state index contributed by atoms with van der Waals surface area (Å²) in [5.74, 6) is 1.42. The highest BCUT2D eigenvalue weighted by Gasteiger charge is 2.57. The molecule has 1 fully saturated rings. The molecule has 1 aromatic rings. The van der Waals surface area contributed by atoms with Crippen molar-refractivity contribution in [2.24, 2.45) is 17.1 Å². The molecule has 2 rings (SSSR count). The van der Waals surface area contributed by atoms with Gasteiger partial charge in [0.2, 0.25) is 0 Å². The van der Waals surface area contributed by atoms with Crippen LogP contribution in [0, 0.1) is 11.3 Å². The van der Waals surface area contributed by atoms with Crippen LogP contribution in [0.5, 0.6) is 0 Å². The smallest absolute Gasteiger partial charge is 0.00880 e. The molecule has 0 aliphatic heterocycles. The van der Waals surface area contributed by atoms with Gasteiger partial charge in [0.25, 0.3) is 0 Å². The zero-order valence-corrected chi connectivity index (χ0v) is 10.7. The molecule has 2 heteroatoms. The molecule has 0 amide bonds. The monoisotopic (exact) mass is 223 g/mol. The number of aryl methyl sites for hydroxylation is 1. The second-order valence-electron chi connectivity index (χ2n) is 5.20. The summed E-state index contributed by atoms with van der Waals surface area (Å²) in [6.45, 7) is 7.75. The molecule has 0 bridgehead atoms. The molecular weight excluding hydrogens is 202 g/mol. The molecule has 1 aliphatic carbocycles. The van der Waals surface area contributed by atoms with Crippen LogP contribution in [0.15, 0.2) is 12.1 Å². The first-order valence-electron chi connectivity index (χ1n) is 5.90. The van der Waals surface area contributed by atoms with E-state index in [-0.39, 0.29) is 0 Å². The Morgan fingerprint density at radius 1 is 1.40 bits per heavy atom. The average molecular weight is 223 g/mol. The van der Waals surface area contributed by atoms with E-state index in [2.05, 4.69) is 32.9 Å². The van der Waals surface area contributed by atoms with Gasteiger partial charge in [0.15, 0.2) is 0 Å². The predicted molar refractivity (Wildman–Crippen MR) is 67.4 cm³/mol. The molecule has 0 saturated heterocycles. The summed E-state index contributed by atoms with van der Waals surface area (Å²) in [5.41, 5.74) is 6.24. The first kappa shape index (κ1) is 11.2. The lowest BCUT2D eigenvalue weighted by Gasteiger charge is -1.99. The minimum atomic E-state index is 0.434. The first-order valence-corrected chi connectivity index (χ1v) is 6.71. The highest BCUT2D eigenvalue weighted by atomic mass is 32.1. The Morgan fingerprint density at radius 2 is 2.13 bits per heavy atom. The summed E-state index contributed by atoms with van der Waals surface area (Å²) in [6, 6.07) is 4.61. The van der Waals surface area contributed by atoms with Crippen molar-refractivity contribution < 1.29 is 0 Å². The van der Waals surface area contributed by atoms with E-state index in [1.807, 2.05) is 11.3 Å². The maximum atomic E-state index is 5.81. The minimum Gasteiger partial charge on any atom is -0.330 e. The van der Waals surface area contributed by atoms with E-state index >= 15 is 0 Å². The average Bonchev–Trinajstić information content (AvgIpc) is 2.57. The van der Waals surface area contributed by atoms with Gasteiger partial charge in [-0.3, -0.25) is 0 Å². The van der Waals surface area contributed by atoms with Crippen LogP contribution >= 0.6 is 11.3 Å². The van der Waals surface area contributed by atoms with E-state index in [0.717, 1.165) is 12.5 Å². The van der Waals surface area contributed by atoms with Crippen molar-refractivity contribution >= 4 is 11.3 Å². The summed E-state index contributed by atoms with van der Waals surface area (Å²) in [5, 5.41) is 0. The van der Waals surface area contributed by atoms with Crippen molar-refractivity contribution in [2.75, 3.05) is 6.54 Å². The maximum absolute atomic E-state index is 5.81. The molecule has 1 heterocycles. The highest BCUT2D eigenvalue weighted by molar-refractivity contribution is 7.12. The van der Waals surface area contributed by atoms with Crippen LogP contribution in [0.4, 0.5) is 0 Å². The summed E-state index contributed by atoms with van der Waals surface area (Å²) in [7, 11) is 0. The van der Waals surface area contributed by atoms with E-state index in [4.69, 9.17) is 5.73 Å². The van der Waals surface area contributed by atoms with Gasteiger partial charge in [0.05, 0.1) is 0 Å². The van der Waals surface area contributed by atoms with Crippen molar-refractivity contribution in [1.82, 2.24) is 0 Å². The van der Waals surface area contributed by atoms with Gasteiger partial charge < -0.3 is 5.73 Å². The number of nitrogens with two attached hydrogens (primary N) is 1. The normalized spacial score (nSPS) is 28.0.